The summed E-state index contributed by atoms with van der Waals surface area (Å²) >= 11 is 1.39. The number of allylic oxidation sites excluding steroid dienone is 1. The molecule has 0 aliphatic heterocycles. The van der Waals surface area contributed by atoms with Gasteiger partial charge in [-0.05, 0) is 0 Å². The Bertz CT molecular complexity index is 110. The van der Waals surface area contributed by atoms with Gasteiger partial charge in [-0.15, -0.1) is 0 Å². The molecule has 0 bridgehead atoms. The fraction of sp³-hybridized carbons (Fsp3) is 0.400. The average Bonchev–Trinajstić information content (AvgIpc) is 1.84. The van der Waals surface area contributed by atoms with Crippen LogP contribution in [0.3, 0.4) is 0 Å². The molecule has 0 spiro atoms. The van der Waals surface area contributed by atoms with E-state index in [2.05, 4.69) is 9.12 Å². The van der Waals surface area contributed by atoms with Gasteiger partial charge >= 0.3 is 63.1 Å². The molecule has 0 heterocycles. The second-order valence-corrected chi connectivity index (χ2v) is 2.37. The topological polar surface area (TPSA) is 38.4 Å². The van der Waals surface area contributed by atoms with E-state index in [9.17, 15) is 0 Å². The van der Waals surface area contributed by atoms with E-state index >= 15 is 0 Å². The predicted octanol–water partition coefficient (Wildman–Crippen LogP) is 0.126. The molecular weight excluding hydrogens is 210 g/mol. The van der Waals surface area contributed by atoms with Gasteiger partial charge in [0.1, 0.15) is 0 Å². The zero-order chi connectivity index (χ0) is 6.57. The van der Waals surface area contributed by atoms with Crippen molar-refractivity contribution in [2.45, 2.75) is 13.8 Å². The van der Waals surface area contributed by atoms with Crippen molar-refractivity contribution in [3.8, 4) is 0 Å². The van der Waals surface area contributed by atoms with Gasteiger partial charge in [0.15, 0.2) is 0 Å². The number of rotatable bonds is 1. The van der Waals surface area contributed by atoms with Gasteiger partial charge in [-0.25, -0.2) is 0 Å². The third-order valence-electron chi connectivity index (χ3n) is 0.981. The van der Waals surface area contributed by atoms with Gasteiger partial charge in [-0.2, -0.15) is 0 Å². The monoisotopic (exact) mass is 219 g/mol. The average molecular weight is 220 g/mol. The normalized spacial score (nSPS) is 14.4. The molecule has 0 aromatic heterocycles. The van der Waals surface area contributed by atoms with E-state index in [1.807, 2.05) is 13.8 Å². The molecule has 0 amide bonds. The van der Waals surface area contributed by atoms with E-state index in [0.717, 1.165) is 5.71 Å². The van der Waals surface area contributed by atoms with Crippen LogP contribution in [0.2, 0.25) is 0 Å². The first-order chi connectivity index (χ1) is 3.72. The Kier molecular flexibility index (Phi) is 3.98. The van der Waals surface area contributed by atoms with E-state index in [4.69, 9.17) is 5.84 Å². The Labute approximate surface area is 63.3 Å². The zero-order valence-electron chi connectivity index (χ0n) is 5.10. The molecule has 2 nitrogen and oxygen atoms in total. The van der Waals surface area contributed by atoms with E-state index < -0.39 is 0 Å². The van der Waals surface area contributed by atoms with Crippen molar-refractivity contribution in [3.63, 3.8) is 0 Å². The van der Waals surface area contributed by atoms with Crippen LogP contribution in [-0.2, 0) is 0 Å². The van der Waals surface area contributed by atoms with Crippen molar-refractivity contribution in [2.24, 2.45) is 10.9 Å². The van der Waals surface area contributed by atoms with Crippen LogP contribution in [0.4, 0.5) is 0 Å². The molecule has 0 aromatic rings. The Morgan fingerprint density at radius 2 is 2.12 bits per heavy atom. The molecular formula is C5H10N2Sb. The molecule has 2 N–H and O–H groups in total. The summed E-state index contributed by atoms with van der Waals surface area (Å²) in [6, 6.07) is 0. The van der Waals surface area contributed by atoms with Gasteiger partial charge in [-0.1, -0.05) is 0 Å². The summed E-state index contributed by atoms with van der Waals surface area (Å²) in [6.07, 6.45) is 0. The quantitative estimate of drug-likeness (QED) is 0.290. The summed E-state index contributed by atoms with van der Waals surface area (Å²) in [5.74, 6) is 5.01. The molecule has 0 saturated heterocycles. The van der Waals surface area contributed by atoms with Gasteiger partial charge in [0.2, 0.25) is 0 Å². The number of hydrogen-bond donors (Lipinski definition) is 1. The molecule has 0 saturated carbocycles. The molecule has 1 radical (unpaired) electrons. The van der Waals surface area contributed by atoms with Gasteiger partial charge in [0.25, 0.3) is 0 Å². The number of hydrazone groups is 1. The van der Waals surface area contributed by atoms with Crippen molar-refractivity contribution < 1.29 is 0 Å². The van der Waals surface area contributed by atoms with Crippen LogP contribution in [0, 0.1) is 0 Å². The van der Waals surface area contributed by atoms with E-state index in [0.29, 0.717) is 0 Å². The fourth-order valence-electron chi connectivity index (χ4n) is 0.206. The Balaban J connectivity index is 4.04. The first-order valence-corrected chi connectivity index (χ1v) is 3.96. The van der Waals surface area contributed by atoms with Crippen molar-refractivity contribution in [3.05, 3.63) is 9.60 Å². The van der Waals surface area contributed by atoms with Crippen molar-refractivity contribution in [1.82, 2.24) is 0 Å². The summed E-state index contributed by atoms with van der Waals surface area (Å²) in [6.45, 7) is 3.90. The van der Waals surface area contributed by atoms with Crippen LogP contribution < -0.4 is 5.84 Å². The Hall–Kier alpha value is 0.0282. The second kappa shape index (κ2) is 3.96. The molecule has 0 aromatic carbocycles. The number of nitrogens with zero attached hydrogens (tertiary/aromatic N) is 1. The molecule has 3 heteroatoms. The molecule has 0 aliphatic carbocycles. The van der Waals surface area contributed by atoms with Gasteiger partial charge in [-0.3, -0.25) is 0 Å². The molecule has 0 rings (SSSR count). The Morgan fingerprint density at radius 3 is 2.25 bits per heavy atom. The van der Waals surface area contributed by atoms with E-state index in [-0.39, 0.29) is 0 Å². The summed E-state index contributed by atoms with van der Waals surface area (Å²) in [7, 11) is 0. The van der Waals surface area contributed by atoms with Crippen LogP contribution >= 0.6 is 0 Å². The van der Waals surface area contributed by atoms with Crippen molar-refractivity contribution in [2.75, 3.05) is 0 Å². The van der Waals surface area contributed by atoms with Crippen LogP contribution in [-0.4, -0.2) is 28.7 Å². The fourth-order valence-corrected chi connectivity index (χ4v) is 0.802. The van der Waals surface area contributed by atoms with E-state index in [1.54, 1.807) is 0 Å². The second-order valence-electron chi connectivity index (χ2n) is 1.54. The summed E-state index contributed by atoms with van der Waals surface area (Å²) < 4.78 is 2.07. The standard InChI is InChI=1S/C5H9N2.Sb.H/c1-4(2)5(3)7-6;;/h1H,6H2,2-3H3;;. The van der Waals surface area contributed by atoms with Crippen LogP contribution in [0.1, 0.15) is 13.8 Å². The van der Waals surface area contributed by atoms with E-state index in [1.165, 1.54) is 28.6 Å². The van der Waals surface area contributed by atoms with Gasteiger partial charge < -0.3 is 0 Å². The minimum atomic E-state index is 0.918. The first-order valence-electron chi connectivity index (χ1n) is 2.31. The van der Waals surface area contributed by atoms with Crippen molar-refractivity contribution >= 4 is 28.7 Å². The zero-order valence-corrected chi connectivity index (χ0v) is 7.96. The molecule has 0 atom stereocenters. The minimum absolute atomic E-state index is 0.918. The maximum absolute atomic E-state index is 5.01. The molecule has 45 valence electrons. The first kappa shape index (κ1) is 8.03. The summed E-state index contributed by atoms with van der Waals surface area (Å²) in [4.78, 5) is 0. The maximum atomic E-state index is 5.01. The van der Waals surface area contributed by atoms with Crippen LogP contribution in [0.5, 0.6) is 0 Å². The molecule has 8 heavy (non-hydrogen) atoms. The third-order valence-corrected chi connectivity index (χ3v) is 2.22. The SMILES string of the molecule is CC(=[CH][SbH])C(C)=NN. The molecule has 0 aliphatic rings. The third kappa shape index (κ3) is 2.36. The number of hydrogen-bond acceptors (Lipinski definition) is 2. The Morgan fingerprint density at radius 1 is 1.62 bits per heavy atom. The molecule has 0 unspecified atom stereocenters. The number of nitrogens with two attached hydrogens (primary N) is 1. The van der Waals surface area contributed by atoms with Crippen molar-refractivity contribution in [1.29, 1.82) is 0 Å². The molecule has 0 fully saturated rings. The van der Waals surface area contributed by atoms with Gasteiger partial charge in [0.05, 0.1) is 0 Å². The summed E-state index contributed by atoms with van der Waals surface area (Å²) in [5.41, 5.74) is 2.09. The van der Waals surface area contributed by atoms with Crippen LogP contribution in [0.15, 0.2) is 14.7 Å². The predicted molar refractivity (Wildman–Crippen MR) is 38.2 cm³/mol. The van der Waals surface area contributed by atoms with Crippen LogP contribution in [0.25, 0.3) is 0 Å². The van der Waals surface area contributed by atoms with Gasteiger partial charge in [0, 0.05) is 0 Å². The summed E-state index contributed by atoms with van der Waals surface area (Å²) in [5, 5.41) is 3.52.